The Balaban J connectivity index is 2.65. The molecule has 1 amide bonds. The first-order valence-corrected chi connectivity index (χ1v) is 6.86. The zero-order valence-electron chi connectivity index (χ0n) is 11.9. The number of nitrogen functional groups attached to an aromatic ring is 1. The topological polar surface area (TPSA) is 72.3 Å². The van der Waals surface area contributed by atoms with Crippen molar-refractivity contribution in [3.8, 4) is 0 Å². The minimum absolute atomic E-state index is 0.285. The minimum Gasteiger partial charge on any atom is -0.399 e. The summed E-state index contributed by atoms with van der Waals surface area (Å²) in [4.78, 5) is 13.3. The molecule has 0 aromatic heterocycles. The molecule has 0 spiro atoms. The van der Waals surface area contributed by atoms with Crippen molar-refractivity contribution in [1.82, 2.24) is 4.90 Å². The highest BCUT2D eigenvalue weighted by molar-refractivity contribution is 5.75. The van der Waals surface area contributed by atoms with Gasteiger partial charge in [-0.25, -0.2) is 0 Å². The molecular weight excluding hydrogens is 238 g/mol. The first-order valence-electron chi connectivity index (χ1n) is 6.86. The van der Waals surface area contributed by atoms with Gasteiger partial charge in [0.05, 0.1) is 6.54 Å². The maximum Gasteiger partial charge on any atom is 0.231 e. The van der Waals surface area contributed by atoms with Crippen LogP contribution in [0.5, 0.6) is 0 Å². The quantitative estimate of drug-likeness (QED) is 0.705. The Labute approximate surface area is 115 Å². The molecule has 4 heteroatoms. The van der Waals surface area contributed by atoms with Gasteiger partial charge in [0.1, 0.15) is 0 Å². The fraction of sp³-hybridized carbons (Fsp3) is 0.533. The standard InChI is InChI=1S/C15H25N3O/c1-3-5-12(2)9-18(11-15(17)19)10-13-6-4-7-14(16)8-13/h4,6-8,12H,3,5,9-11,16H2,1-2H3,(H2,17,19). The van der Waals surface area contributed by atoms with Crippen molar-refractivity contribution in [2.45, 2.75) is 33.2 Å². The van der Waals surface area contributed by atoms with Gasteiger partial charge in [0.15, 0.2) is 0 Å². The third kappa shape index (κ3) is 6.25. The number of rotatable bonds is 8. The predicted molar refractivity (Wildman–Crippen MR) is 79.4 cm³/mol. The molecule has 4 N–H and O–H groups in total. The Morgan fingerprint density at radius 2 is 2.16 bits per heavy atom. The average Bonchev–Trinajstić information content (AvgIpc) is 2.27. The molecule has 0 fully saturated rings. The van der Waals surface area contributed by atoms with Crippen LogP contribution in [0.25, 0.3) is 0 Å². The molecule has 1 rings (SSSR count). The lowest BCUT2D eigenvalue weighted by Crippen LogP contribution is -2.36. The summed E-state index contributed by atoms with van der Waals surface area (Å²) < 4.78 is 0. The van der Waals surface area contributed by atoms with Gasteiger partial charge in [-0.3, -0.25) is 9.69 Å². The smallest absolute Gasteiger partial charge is 0.231 e. The molecule has 0 aliphatic carbocycles. The number of benzene rings is 1. The Bertz CT molecular complexity index is 406. The number of nitrogens with two attached hydrogens (primary N) is 2. The highest BCUT2D eigenvalue weighted by Gasteiger charge is 2.13. The fourth-order valence-electron chi connectivity index (χ4n) is 2.38. The predicted octanol–water partition coefficient (Wildman–Crippen LogP) is 1.99. The lowest BCUT2D eigenvalue weighted by atomic mass is 10.1. The van der Waals surface area contributed by atoms with Crippen LogP contribution >= 0.6 is 0 Å². The molecule has 1 aromatic rings. The van der Waals surface area contributed by atoms with Crippen molar-refractivity contribution in [2.24, 2.45) is 11.7 Å². The van der Waals surface area contributed by atoms with Crippen LogP contribution in [0, 0.1) is 5.92 Å². The molecule has 1 aromatic carbocycles. The molecule has 0 radical (unpaired) electrons. The number of primary amides is 1. The molecule has 0 heterocycles. The molecule has 1 unspecified atom stereocenters. The lowest BCUT2D eigenvalue weighted by Gasteiger charge is -2.24. The van der Waals surface area contributed by atoms with E-state index in [2.05, 4.69) is 18.7 Å². The highest BCUT2D eigenvalue weighted by Crippen LogP contribution is 2.13. The molecule has 106 valence electrons. The molecule has 0 aliphatic heterocycles. The molecule has 0 bridgehead atoms. The summed E-state index contributed by atoms with van der Waals surface area (Å²) in [5.74, 6) is 0.276. The van der Waals surface area contributed by atoms with Gasteiger partial charge < -0.3 is 11.5 Å². The molecular formula is C15H25N3O. The SMILES string of the molecule is CCCC(C)CN(CC(N)=O)Cc1cccc(N)c1. The van der Waals surface area contributed by atoms with E-state index in [0.29, 0.717) is 19.0 Å². The summed E-state index contributed by atoms with van der Waals surface area (Å²) in [6.45, 7) is 6.26. The van der Waals surface area contributed by atoms with Gasteiger partial charge in [-0.05, 0) is 30.0 Å². The summed E-state index contributed by atoms with van der Waals surface area (Å²) in [5, 5.41) is 0. The first kappa shape index (κ1) is 15.5. The van der Waals surface area contributed by atoms with Crippen LogP contribution in [0.2, 0.25) is 0 Å². The van der Waals surface area contributed by atoms with Gasteiger partial charge in [0, 0.05) is 18.8 Å². The zero-order chi connectivity index (χ0) is 14.3. The van der Waals surface area contributed by atoms with Crippen molar-refractivity contribution in [3.63, 3.8) is 0 Å². The number of anilines is 1. The zero-order valence-corrected chi connectivity index (χ0v) is 11.9. The number of amides is 1. The van der Waals surface area contributed by atoms with Gasteiger partial charge in [-0.15, -0.1) is 0 Å². The van der Waals surface area contributed by atoms with Gasteiger partial charge in [-0.2, -0.15) is 0 Å². The van der Waals surface area contributed by atoms with E-state index in [0.717, 1.165) is 30.6 Å². The van der Waals surface area contributed by atoms with Gasteiger partial charge >= 0.3 is 0 Å². The second-order valence-electron chi connectivity index (χ2n) is 5.27. The van der Waals surface area contributed by atoms with Crippen molar-refractivity contribution in [1.29, 1.82) is 0 Å². The van der Waals surface area contributed by atoms with Crippen molar-refractivity contribution in [2.75, 3.05) is 18.8 Å². The van der Waals surface area contributed by atoms with Crippen LogP contribution in [0.3, 0.4) is 0 Å². The molecule has 0 aliphatic rings. The van der Waals surface area contributed by atoms with E-state index < -0.39 is 0 Å². The maximum atomic E-state index is 11.2. The molecule has 19 heavy (non-hydrogen) atoms. The van der Waals surface area contributed by atoms with Crippen LogP contribution < -0.4 is 11.5 Å². The van der Waals surface area contributed by atoms with Crippen molar-refractivity contribution in [3.05, 3.63) is 29.8 Å². The number of hydrogen-bond acceptors (Lipinski definition) is 3. The number of nitrogens with zero attached hydrogens (tertiary/aromatic N) is 1. The highest BCUT2D eigenvalue weighted by atomic mass is 16.1. The number of carbonyl (C=O) groups is 1. The van der Waals surface area contributed by atoms with E-state index >= 15 is 0 Å². The monoisotopic (exact) mass is 263 g/mol. The molecule has 0 saturated heterocycles. The van der Waals surface area contributed by atoms with E-state index in [9.17, 15) is 4.79 Å². The normalized spacial score (nSPS) is 12.6. The third-order valence-corrected chi connectivity index (χ3v) is 3.09. The van der Waals surface area contributed by atoms with E-state index in [1.165, 1.54) is 0 Å². The maximum absolute atomic E-state index is 11.2. The Morgan fingerprint density at radius 1 is 1.42 bits per heavy atom. The van der Waals surface area contributed by atoms with Gasteiger partial charge in [0.2, 0.25) is 5.91 Å². The van der Waals surface area contributed by atoms with Crippen molar-refractivity contribution < 1.29 is 4.79 Å². The Kier molecular flexibility index (Phi) is 6.36. The molecule has 4 nitrogen and oxygen atoms in total. The second-order valence-corrected chi connectivity index (χ2v) is 5.27. The van der Waals surface area contributed by atoms with Crippen LogP contribution in [-0.2, 0) is 11.3 Å². The van der Waals surface area contributed by atoms with Crippen LogP contribution in [0.1, 0.15) is 32.3 Å². The summed E-state index contributed by atoms with van der Waals surface area (Å²) in [5.41, 5.74) is 13.0. The number of carbonyl (C=O) groups excluding carboxylic acids is 1. The minimum atomic E-state index is -0.285. The summed E-state index contributed by atoms with van der Waals surface area (Å²) >= 11 is 0. The Morgan fingerprint density at radius 3 is 2.74 bits per heavy atom. The van der Waals surface area contributed by atoms with Crippen LogP contribution in [-0.4, -0.2) is 23.9 Å². The van der Waals surface area contributed by atoms with E-state index in [1.54, 1.807) is 0 Å². The van der Waals surface area contributed by atoms with Crippen LogP contribution in [0.15, 0.2) is 24.3 Å². The molecule has 1 atom stereocenters. The summed E-state index contributed by atoms with van der Waals surface area (Å²) in [6, 6.07) is 7.76. The van der Waals surface area contributed by atoms with Crippen LogP contribution in [0.4, 0.5) is 5.69 Å². The second kappa shape index (κ2) is 7.79. The van der Waals surface area contributed by atoms with Gasteiger partial charge in [-0.1, -0.05) is 32.4 Å². The molecule has 0 saturated carbocycles. The average molecular weight is 263 g/mol. The largest absolute Gasteiger partial charge is 0.399 e. The lowest BCUT2D eigenvalue weighted by molar-refractivity contribution is -0.119. The van der Waals surface area contributed by atoms with E-state index in [1.807, 2.05) is 24.3 Å². The first-order chi connectivity index (χ1) is 9.01. The summed E-state index contributed by atoms with van der Waals surface area (Å²) in [6.07, 6.45) is 2.32. The van der Waals surface area contributed by atoms with E-state index in [-0.39, 0.29) is 5.91 Å². The van der Waals surface area contributed by atoms with E-state index in [4.69, 9.17) is 11.5 Å². The van der Waals surface area contributed by atoms with Gasteiger partial charge in [0.25, 0.3) is 0 Å². The van der Waals surface area contributed by atoms with Crippen molar-refractivity contribution >= 4 is 11.6 Å². The number of hydrogen-bond donors (Lipinski definition) is 2. The fourth-order valence-corrected chi connectivity index (χ4v) is 2.38. The third-order valence-electron chi connectivity index (χ3n) is 3.09. The summed E-state index contributed by atoms with van der Waals surface area (Å²) in [7, 11) is 0. The Hall–Kier alpha value is -1.55.